The fourth-order valence-electron chi connectivity index (χ4n) is 8.85. The molecule has 0 aliphatic heterocycles. The number of carbonyl (C=O) groups is 2. The van der Waals surface area contributed by atoms with Crippen LogP contribution in [0.4, 0.5) is 0 Å². The minimum absolute atomic E-state index is 0.0410. The Bertz CT molecular complexity index is 1310. The first-order chi connectivity index (χ1) is 34.4. The van der Waals surface area contributed by atoms with Gasteiger partial charge in [0.15, 0.2) is 0 Å². The van der Waals surface area contributed by atoms with E-state index < -0.39 is 20.0 Å². The van der Waals surface area contributed by atoms with Crippen molar-refractivity contribution in [3.05, 3.63) is 36.5 Å². The Morgan fingerprint density at radius 1 is 0.493 bits per heavy atom. The third kappa shape index (κ3) is 52.9. The molecule has 10 heteroatoms. The van der Waals surface area contributed by atoms with Crippen molar-refractivity contribution in [2.24, 2.45) is 0 Å². The summed E-state index contributed by atoms with van der Waals surface area (Å²) in [6.07, 6.45) is 61.3. The number of hydrogen-bond donors (Lipinski definition) is 2. The zero-order valence-electron chi connectivity index (χ0n) is 47.7. The third-order valence-electron chi connectivity index (χ3n) is 13.6. The van der Waals surface area contributed by atoms with Gasteiger partial charge in [-0.25, -0.2) is 4.57 Å². The molecule has 0 aromatic carbocycles. The molecule has 0 spiro atoms. The van der Waals surface area contributed by atoms with Crippen molar-refractivity contribution < 1.29 is 37.3 Å². The zero-order valence-corrected chi connectivity index (χ0v) is 48.6. The molecule has 1 amide bonds. The molecule has 0 bridgehead atoms. The van der Waals surface area contributed by atoms with Gasteiger partial charge < -0.3 is 19.4 Å². The van der Waals surface area contributed by atoms with Gasteiger partial charge in [0, 0.05) is 12.8 Å². The van der Waals surface area contributed by atoms with Gasteiger partial charge in [-0.2, -0.15) is 0 Å². The van der Waals surface area contributed by atoms with Crippen LogP contribution in [0.1, 0.15) is 290 Å². The molecule has 3 unspecified atom stereocenters. The summed E-state index contributed by atoms with van der Waals surface area (Å²) in [6, 6.07) is -0.846. The number of quaternary nitrogens is 1. The molecule has 0 aromatic rings. The smallest absolute Gasteiger partial charge is 0.456 e. The van der Waals surface area contributed by atoms with E-state index in [4.69, 9.17) is 13.8 Å². The Labute approximate surface area is 440 Å². The third-order valence-corrected chi connectivity index (χ3v) is 14.6. The van der Waals surface area contributed by atoms with E-state index in [9.17, 15) is 19.0 Å². The quantitative estimate of drug-likeness (QED) is 0.0205. The van der Waals surface area contributed by atoms with Gasteiger partial charge >= 0.3 is 13.8 Å². The number of ether oxygens (including phenoxy) is 1. The summed E-state index contributed by atoms with van der Waals surface area (Å²) in [7, 11) is 1.50. The number of esters is 1. The van der Waals surface area contributed by atoms with Crippen LogP contribution >= 0.6 is 7.82 Å². The van der Waals surface area contributed by atoms with Crippen LogP contribution in [-0.2, 0) is 27.9 Å². The number of nitrogens with zero attached hydrogens (tertiary/aromatic N) is 1. The van der Waals surface area contributed by atoms with Crippen LogP contribution in [0.2, 0.25) is 0 Å². The standard InChI is InChI=1S/C61H117N2O7P/c1-7-10-13-16-19-22-25-27-29-31-33-35-38-41-44-47-50-53-60(64)62-58(57-69-71(66,67)68-56-55-63(4,5)6)59(52-49-46-43-40-37-24-21-18-15-12-9-3)70-61(65)54-51-48-45-42-39-36-34-32-30-28-26-23-20-17-14-11-8-2/h20,23,28,30,49,52,58-59H,7-19,21-22,24-27,29,31-48,50-51,53-57H2,1-6H3,(H-,62,64,66,67)/p+1/b23-20-,30-28-,52-49+. The van der Waals surface area contributed by atoms with Crippen molar-refractivity contribution in [1.29, 1.82) is 0 Å². The van der Waals surface area contributed by atoms with Gasteiger partial charge in [-0.1, -0.05) is 250 Å². The molecule has 0 heterocycles. The molecule has 0 saturated heterocycles. The summed E-state index contributed by atoms with van der Waals surface area (Å²) in [5.74, 6) is -0.503. The molecular formula is C61H118N2O7P+. The number of hydrogen-bond acceptors (Lipinski definition) is 6. The van der Waals surface area contributed by atoms with Gasteiger partial charge in [0.2, 0.25) is 5.91 Å². The number of unbranched alkanes of at least 4 members (excludes halogenated alkanes) is 35. The summed E-state index contributed by atoms with van der Waals surface area (Å²) in [5, 5.41) is 3.06. The van der Waals surface area contributed by atoms with E-state index in [0.29, 0.717) is 17.4 Å². The predicted octanol–water partition coefficient (Wildman–Crippen LogP) is 18.3. The van der Waals surface area contributed by atoms with Gasteiger partial charge in [0.05, 0.1) is 33.8 Å². The second-order valence-corrected chi connectivity index (χ2v) is 23.3. The number of carbonyl (C=O) groups excluding carboxylic acids is 2. The van der Waals surface area contributed by atoms with Crippen LogP contribution in [0.3, 0.4) is 0 Å². The highest BCUT2D eigenvalue weighted by Gasteiger charge is 2.30. The van der Waals surface area contributed by atoms with Crippen LogP contribution in [-0.4, -0.2) is 74.3 Å². The highest BCUT2D eigenvalue weighted by atomic mass is 31.2. The van der Waals surface area contributed by atoms with E-state index in [1.807, 2.05) is 33.3 Å². The van der Waals surface area contributed by atoms with E-state index in [0.717, 1.165) is 77.0 Å². The van der Waals surface area contributed by atoms with E-state index in [-0.39, 0.29) is 31.5 Å². The van der Waals surface area contributed by atoms with Crippen molar-refractivity contribution in [2.75, 3.05) is 40.9 Å². The highest BCUT2D eigenvalue weighted by Crippen LogP contribution is 2.43. The number of nitrogens with one attached hydrogen (secondary N) is 1. The average molecular weight is 1020 g/mol. The second-order valence-electron chi connectivity index (χ2n) is 21.9. The summed E-state index contributed by atoms with van der Waals surface area (Å²) in [5.41, 5.74) is 0. The number of phosphoric ester groups is 1. The molecular weight excluding hydrogens is 904 g/mol. The van der Waals surface area contributed by atoms with Crippen molar-refractivity contribution >= 4 is 19.7 Å². The Morgan fingerprint density at radius 3 is 1.30 bits per heavy atom. The van der Waals surface area contributed by atoms with Crippen LogP contribution in [0.5, 0.6) is 0 Å². The molecule has 0 aromatic heterocycles. The van der Waals surface area contributed by atoms with Gasteiger partial charge in [0.1, 0.15) is 19.3 Å². The topological polar surface area (TPSA) is 111 Å². The Kier molecular flexibility index (Phi) is 50.4. The minimum atomic E-state index is -4.44. The summed E-state index contributed by atoms with van der Waals surface area (Å²) in [4.78, 5) is 37.6. The van der Waals surface area contributed by atoms with Crippen molar-refractivity contribution in [1.82, 2.24) is 5.32 Å². The fraction of sp³-hybridized carbons (Fsp3) is 0.869. The predicted molar refractivity (Wildman–Crippen MR) is 305 cm³/mol. The van der Waals surface area contributed by atoms with Crippen molar-refractivity contribution in [2.45, 2.75) is 303 Å². The first kappa shape index (κ1) is 69.2. The maximum Gasteiger partial charge on any atom is 0.472 e. The molecule has 0 radical (unpaired) electrons. The normalized spacial score (nSPS) is 14.0. The van der Waals surface area contributed by atoms with Gasteiger partial charge in [-0.3, -0.25) is 18.6 Å². The first-order valence-electron chi connectivity index (χ1n) is 30.3. The second kappa shape index (κ2) is 51.7. The average Bonchev–Trinajstić information content (AvgIpc) is 3.33. The molecule has 0 fully saturated rings. The van der Waals surface area contributed by atoms with E-state index in [2.05, 4.69) is 50.4 Å². The monoisotopic (exact) mass is 1020 g/mol. The van der Waals surface area contributed by atoms with Gasteiger partial charge in [0.25, 0.3) is 0 Å². The highest BCUT2D eigenvalue weighted by molar-refractivity contribution is 7.47. The summed E-state index contributed by atoms with van der Waals surface area (Å²) >= 11 is 0. The Balaban J connectivity index is 5.24. The number of phosphoric acid groups is 1. The molecule has 71 heavy (non-hydrogen) atoms. The lowest BCUT2D eigenvalue weighted by atomic mass is 10.0. The van der Waals surface area contributed by atoms with E-state index in [1.54, 1.807) is 0 Å². The fourth-order valence-corrected chi connectivity index (χ4v) is 9.59. The van der Waals surface area contributed by atoms with Crippen molar-refractivity contribution in [3.8, 4) is 0 Å². The first-order valence-corrected chi connectivity index (χ1v) is 31.8. The molecule has 0 aliphatic rings. The van der Waals surface area contributed by atoms with Crippen LogP contribution in [0, 0.1) is 0 Å². The van der Waals surface area contributed by atoms with Crippen LogP contribution in [0.25, 0.3) is 0 Å². The molecule has 9 nitrogen and oxygen atoms in total. The largest absolute Gasteiger partial charge is 0.472 e. The van der Waals surface area contributed by atoms with Gasteiger partial charge in [-0.05, 0) is 63.9 Å². The molecule has 0 saturated carbocycles. The van der Waals surface area contributed by atoms with E-state index >= 15 is 0 Å². The number of likely N-dealkylation sites (N-methyl/N-ethyl adjacent to an activating group) is 1. The lowest BCUT2D eigenvalue weighted by Crippen LogP contribution is -2.47. The lowest BCUT2D eigenvalue weighted by molar-refractivity contribution is -0.870. The van der Waals surface area contributed by atoms with Crippen LogP contribution < -0.4 is 5.32 Å². The van der Waals surface area contributed by atoms with Crippen LogP contribution in [0.15, 0.2) is 36.5 Å². The molecule has 418 valence electrons. The summed E-state index contributed by atoms with van der Waals surface area (Å²) in [6.45, 7) is 7.01. The maximum atomic E-state index is 13.5. The van der Waals surface area contributed by atoms with Crippen molar-refractivity contribution in [3.63, 3.8) is 0 Å². The number of allylic oxidation sites excluding steroid dienone is 5. The van der Waals surface area contributed by atoms with Gasteiger partial charge in [-0.15, -0.1) is 0 Å². The molecule has 3 atom stereocenters. The minimum Gasteiger partial charge on any atom is -0.456 e. The Hall–Kier alpha value is -1.77. The SMILES string of the molecule is CCCCC/C=C\C/C=C\CCCCCCCCCC(=O)OC(/C=C/CCCCCCCCCCC)C(COP(=O)(O)OCC[N+](C)(C)C)NC(=O)CCCCCCCCCCCCCCCCCCC. The summed E-state index contributed by atoms with van der Waals surface area (Å²) < 4.78 is 30.6. The molecule has 0 rings (SSSR count). The molecule has 2 N–H and O–H groups in total. The maximum absolute atomic E-state index is 13.5. The zero-order chi connectivity index (χ0) is 52.2. The van der Waals surface area contributed by atoms with E-state index in [1.165, 1.54) is 180 Å². The number of amides is 1. The molecule has 0 aliphatic carbocycles. The Morgan fingerprint density at radius 2 is 0.859 bits per heavy atom. The lowest BCUT2D eigenvalue weighted by Gasteiger charge is -2.27. The number of rotatable bonds is 55.